The van der Waals surface area contributed by atoms with Crippen molar-refractivity contribution in [2.75, 3.05) is 39.2 Å². The number of likely N-dealkylation sites (N-methyl/N-ethyl adjacent to an activating group) is 1. The van der Waals surface area contributed by atoms with Crippen LogP contribution in [0.5, 0.6) is 5.75 Å². The third kappa shape index (κ3) is 4.35. The average Bonchev–Trinajstić information content (AvgIpc) is 3.33. The van der Waals surface area contributed by atoms with Crippen LogP contribution in [0.2, 0.25) is 0 Å². The Labute approximate surface area is 183 Å². The Morgan fingerprint density at radius 3 is 2.72 bits per heavy atom. The third-order valence-corrected chi connectivity index (χ3v) is 6.25. The van der Waals surface area contributed by atoms with Crippen molar-refractivity contribution in [3.8, 4) is 5.75 Å². The monoisotopic (exact) mass is 448 g/mol. The van der Waals surface area contributed by atoms with Crippen molar-refractivity contribution in [1.82, 2.24) is 14.9 Å². The van der Waals surface area contributed by atoms with E-state index in [4.69, 9.17) is 9.72 Å². The van der Waals surface area contributed by atoms with Gasteiger partial charge in [0.2, 0.25) is 0 Å². The van der Waals surface area contributed by atoms with Crippen molar-refractivity contribution in [3.63, 3.8) is 0 Å². The Morgan fingerprint density at radius 1 is 1.14 bits per heavy atom. The van der Waals surface area contributed by atoms with Crippen molar-refractivity contribution < 1.29 is 9.53 Å². The zero-order valence-electron chi connectivity index (χ0n) is 16.3. The molecular formula is C20H21ClN4O2S2. The molecule has 0 saturated heterocycles. The summed E-state index contributed by atoms with van der Waals surface area (Å²) in [6.45, 7) is 1.29. The lowest BCUT2D eigenvalue weighted by Crippen LogP contribution is -2.36. The van der Waals surface area contributed by atoms with Crippen LogP contribution in [0, 0.1) is 0 Å². The number of aromatic nitrogens is 2. The number of halogens is 1. The summed E-state index contributed by atoms with van der Waals surface area (Å²) in [4.78, 5) is 26.2. The minimum Gasteiger partial charge on any atom is -0.494 e. The van der Waals surface area contributed by atoms with Gasteiger partial charge in [-0.1, -0.05) is 17.4 Å². The van der Waals surface area contributed by atoms with E-state index >= 15 is 0 Å². The number of para-hydroxylation sites is 1. The fraction of sp³-hybridized carbons (Fsp3) is 0.250. The maximum atomic E-state index is 13.4. The standard InChI is InChI=1S/C20H20N4O2S2.ClH/c1-23(2)9-10-24(19(25)13-7-8-14-17(11-13)27-12-21-14)20-22-18-15(26-3)5-4-6-16(18)28-20;/h4-8,11-12H,9-10H2,1-3H3;1H. The molecule has 0 bridgehead atoms. The highest BCUT2D eigenvalue weighted by Crippen LogP contribution is 2.34. The van der Waals surface area contributed by atoms with Crippen molar-refractivity contribution >= 4 is 66.6 Å². The number of hydrogen-bond acceptors (Lipinski definition) is 7. The minimum atomic E-state index is -0.0600. The number of rotatable bonds is 6. The first-order valence-corrected chi connectivity index (χ1v) is 10.5. The van der Waals surface area contributed by atoms with Gasteiger partial charge < -0.3 is 9.64 Å². The molecule has 0 atom stereocenters. The topological polar surface area (TPSA) is 58.6 Å². The van der Waals surface area contributed by atoms with Crippen molar-refractivity contribution in [1.29, 1.82) is 0 Å². The van der Waals surface area contributed by atoms with Crippen LogP contribution in [0.15, 0.2) is 41.9 Å². The number of methoxy groups -OCH3 is 1. The molecule has 0 aliphatic rings. The molecule has 0 unspecified atom stereocenters. The number of thiazole rings is 2. The van der Waals surface area contributed by atoms with Gasteiger partial charge in [0, 0.05) is 18.7 Å². The average molecular weight is 449 g/mol. The molecule has 9 heteroatoms. The Morgan fingerprint density at radius 2 is 1.97 bits per heavy atom. The number of hydrogen-bond donors (Lipinski definition) is 0. The normalized spacial score (nSPS) is 11.0. The number of benzene rings is 2. The van der Waals surface area contributed by atoms with Gasteiger partial charge in [-0.15, -0.1) is 23.7 Å². The fourth-order valence-corrected chi connectivity index (χ4v) is 4.64. The predicted octanol–water partition coefficient (Wildman–Crippen LogP) is 4.54. The number of nitrogens with zero attached hydrogens (tertiary/aromatic N) is 4. The van der Waals surface area contributed by atoms with Crippen molar-refractivity contribution in [2.45, 2.75) is 0 Å². The van der Waals surface area contributed by atoms with Crippen molar-refractivity contribution in [3.05, 3.63) is 47.5 Å². The number of ether oxygens (including phenoxy) is 1. The van der Waals surface area contributed by atoms with Gasteiger partial charge >= 0.3 is 0 Å². The molecule has 0 aliphatic carbocycles. The first kappa shape index (κ1) is 21.4. The van der Waals surface area contributed by atoms with Crippen LogP contribution in [0.3, 0.4) is 0 Å². The van der Waals surface area contributed by atoms with Gasteiger partial charge in [-0.05, 0) is 44.4 Å². The highest BCUT2D eigenvalue weighted by Gasteiger charge is 2.22. The van der Waals surface area contributed by atoms with E-state index in [0.29, 0.717) is 23.0 Å². The highest BCUT2D eigenvalue weighted by atomic mass is 35.5. The quantitative estimate of drug-likeness (QED) is 0.433. The minimum absolute atomic E-state index is 0. The summed E-state index contributed by atoms with van der Waals surface area (Å²) >= 11 is 3.03. The smallest absolute Gasteiger partial charge is 0.260 e. The van der Waals surface area contributed by atoms with E-state index in [0.717, 1.165) is 27.0 Å². The largest absolute Gasteiger partial charge is 0.494 e. The Kier molecular flexibility index (Phi) is 6.69. The molecular weight excluding hydrogens is 428 g/mol. The van der Waals surface area contributed by atoms with E-state index in [1.165, 1.54) is 22.7 Å². The summed E-state index contributed by atoms with van der Waals surface area (Å²) in [6, 6.07) is 11.5. The lowest BCUT2D eigenvalue weighted by molar-refractivity contribution is 0.0985. The lowest BCUT2D eigenvalue weighted by atomic mass is 10.2. The zero-order chi connectivity index (χ0) is 19.7. The fourth-order valence-electron chi connectivity index (χ4n) is 2.92. The maximum absolute atomic E-state index is 13.4. The van der Waals surface area contributed by atoms with Gasteiger partial charge in [-0.3, -0.25) is 9.69 Å². The van der Waals surface area contributed by atoms with Crippen LogP contribution < -0.4 is 9.64 Å². The SMILES string of the molecule is COc1cccc2sc(N(CCN(C)C)C(=O)c3ccc4ncsc4c3)nc12.Cl. The molecule has 152 valence electrons. The van der Waals surface area contributed by atoms with Crippen molar-refractivity contribution in [2.24, 2.45) is 0 Å². The van der Waals surface area contributed by atoms with E-state index in [2.05, 4.69) is 9.88 Å². The van der Waals surface area contributed by atoms with Gasteiger partial charge in [-0.2, -0.15) is 0 Å². The van der Waals surface area contributed by atoms with Gasteiger partial charge in [-0.25, -0.2) is 9.97 Å². The Balaban J connectivity index is 0.00000240. The number of amides is 1. The third-order valence-electron chi connectivity index (χ3n) is 4.42. The van der Waals surface area contributed by atoms with Gasteiger partial charge in [0.05, 0.1) is 27.5 Å². The molecule has 0 aliphatic heterocycles. The second kappa shape index (κ2) is 9.04. The summed E-state index contributed by atoms with van der Waals surface area (Å²) in [7, 11) is 5.62. The van der Waals surface area contributed by atoms with Crippen LogP contribution >= 0.6 is 35.1 Å². The first-order valence-electron chi connectivity index (χ1n) is 8.80. The molecule has 2 aromatic carbocycles. The second-order valence-electron chi connectivity index (χ2n) is 6.60. The second-order valence-corrected chi connectivity index (χ2v) is 8.49. The molecule has 2 aromatic heterocycles. The van der Waals surface area contributed by atoms with Crippen LogP contribution in [0.25, 0.3) is 20.4 Å². The van der Waals surface area contributed by atoms with E-state index in [9.17, 15) is 4.79 Å². The van der Waals surface area contributed by atoms with Crippen LogP contribution in [0.1, 0.15) is 10.4 Å². The number of carbonyl (C=O) groups excluding carboxylic acids is 1. The van der Waals surface area contributed by atoms with Gasteiger partial charge in [0.15, 0.2) is 5.13 Å². The summed E-state index contributed by atoms with van der Waals surface area (Å²) in [6.07, 6.45) is 0. The van der Waals surface area contributed by atoms with E-state index in [1.54, 1.807) is 17.5 Å². The van der Waals surface area contributed by atoms with Crippen LogP contribution in [0.4, 0.5) is 5.13 Å². The van der Waals surface area contributed by atoms with Gasteiger partial charge in [0.25, 0.3) is 5.91 Å². The van der Waals surface area contributed by atoms with E-state index in [1.807, 2.05) is 50.5 Å². The molecule has 4 rings (SSSR count). The first-order chi connectivity index (χ1) is 13.6. The van der Waals surface area contributed by atoms with Gasteiger partial charge in [0.1, 0.15) is 11.3 Å². The molecule has 29 heavy (non-hydrogen) atoms. The highest BCUT2D eigenvalue weighted by molar-refractivity contribution is 7.22. The summed E-state index contributed by atoms with van der Waals surface area (Å²) in [5.41, 5.74) is 4.13. The molecule has 0 spiro atoms. The summed E-state index contributed by atoms with van der Waals surface area (Å²) in [5, 5.41) is 0.677. The molecule has 0 N–H and O–H groups in total. The van der Waals surface area contributed by atoms with Crippen LogP contribution in [-0.2, 0) is 0 Å². The summed E-state index contributed by atoms with van der Waals surface area (Å²) < 4.78 is 7.43. The maximum Gasteiger partial charge on any atom is 0.260 e. The van der Waals surface area contributed by atoms with E-state index < -0.39 is 0 Å². The van der Waals surface area contributed by atoms with Crippen LogP contribution in [-0.4, -0.2) is 55.1 Å². The summed E-state index contributed by atoms with van der Waals surface area (Å²) in [5.74, 6) is 0.654. The number of carbonyl (C=O) groups is 1. The number of fused-ring (bicyclic) bond motifs is 2. The molecule has 0 radical (unpaired) electrons. The lowest BCUT2D eigenvalue weighted by Gasteiger charge is -2.22. The van der Waals surface area contributed by atoms with E-state index in [-0.39, 0.29) is 18.3 Å². The Bertz CT molecular complexity index is 1140. The molecule has 1 amide bonds. The molecule has 6 nitrogen and oxygen atoms in total. The molecule has 0 saturated carbocycles. The number of anilines is 1. The predicted molar refractivity (Wildman–Crippen MR) is 123 cm³/mol. The Hall–Kier alpha value is -2.26. The zero-order valence-corrected chi connectivity index (χ0v) is 18.7. The molecule has 4 aromatic rings. The molecule has 0 fully saturated rings. The molecule has 2 heterocycles.